The van der Waals surface area contributed by atoms with Crippen molar-refractivity contribution in [2.45, 2.75) is 6.43 Å². The molecule has 12 heavy (non-hydrogen) atoms. The summed E-state index contributed by atoms with van der Waals surface area (Å²) in [6.07, 6.45) is -2.24. The number of halogens is 2. The van der Waals surface area contributed by atoms with Crippen LogP contribution in [0.2, 0.25) is 0 Å². The first kappa shape index (κ1) is 8.44. The Labute approximate surface area is 71.7 Å². The summed E-state index contributed by atoms with van der Waals surface area (Å²) in [6.45, 7) is 2.32. The molecule has 1 spiro atoms. The number of hydrogen-bond acceptors (Lipinski definition) is 2. The summed E-state index contributed by atoms with van der Waals surface area (Å²) in [4.78, 5) is 1.51. The average molecular weight is 172 g/mol. The van der Waals surface area contributed by atoms with Gasteiger partial charge in [0.05, 0.1) is 0 Å². The van der Waals surface area contributed by atoms with Crippen molar-refractivity contribution in [1.82, 2.24) is 10.1 Å². The van der Waals surface area contributed by atoms with Crippen molar-refractivity contribution in [3.8, 4) is 0 Å². The number of rotatable bonds is 1. The third-order valence-electron chi connectivity index (χ3n) is 2.99. The third-order valence-corrected chi connectivity index (χ3v) is 2.99. The maximum absolute atomic E-state index is 12.5. The predicted octanol–water partition coefficient (Wildman–Crippen LogP) is -0.144. The first-order chi connectivity index (χ1) is 5.64. The maximum atomic E-state index is 12.5. The second-order valence-electron chi connectivity index (χ2n) is 3.84. The molecule has 2 saturated heterocycles. The quantitative estimate of drug-likeness (QED) is 0.553. The number of alkyl halides is 2. The zero-order chi connectivity index (χ0) is 8.77. The van der Waals surface area contributed by atoms with E-state index in [0.29, 0.717) is 26.2 Å². The molecule has 1 N–H and O–H groups in total. The smallest absolute Gasteiger partial charge is 0.243 e. The third kappa shape index (κ3) is 1.07. The van der Waals surface area contributed by atoms with E-state index in [1.165, 1.54) is 4.81 Å². The highest BCUT2D eigenvalue weighted by molar-refractivity contribution is 6.04. The van der Waals surface area contributed by atoms with E-state index in [4.69, 9.17) is 7.98 Å². The van der Waals surface area contributed by atoms with Gasteiger partial charge in [-0.2, -0.15) is 0 Å². The van der Waals surface area contributed by atoms with Crippen molar-refractivity contribution in [2.75, 3.05) is 26.2 Å². The molecule has 1 atom stereocenters. The van der Waals surface area contributed by atoms with Gasteiger partial charge < -0.3 is 10.1 Å². The Morgan fingerprint density at radius 2 is 2.17 bits per heavy atom. The minimum absolute atomic E-state index is 0.233. The van der Waals surface area contributed by atoms with Gasteiger partial charge in [-0.15, -0.1) is 0 Å². The zero-order valence-electron chi connectivity index (χ0n) is 6.76. The van der Waals surface area contributed by atoms with Gasteiger partial charge in [0.25, 0.3) is 0 Å². The Kier molecular flexibility index (Phi) is 1.88. The molecule has 0 aromatic heterocycles. The van der Waals surface area contributed by atoms with Gasteiger partial charge in [-0.3, -0.25) is 0 Å². The van der Waals surface area contributed by atoms with E-state index in [0.717, 1.165) is 0 Å². The van der Waals surface area contributed by atoms with Crippen LogP contribution in [0.1, 0.15) is 0 Å². The van der Waals surface area contributed by atoms with Gasteiger partial charge in [0.15, 0.2) is 7.98 Å². The van der Waals surface area contributed by atoms with Crippen molar-refractivity contribution in [3.63, 3.8) is 0 Å². The van der Waals surface area contributed by atoms with Gasteiger partial charge in [0.1, 0.15) is 0 Å². The van der Waals surface area contributed by atoms with Gasteiger partial charge in [-0.25, -0.2) is 8.78 Å². The Morgan fingerprint density at radius 1 is 1.50 bits per heavy atom. The Hall–Kier alpha value is -0.155. The molecule has 2 fully saturated rings. The lowest BCUT2D eigenvalue weighted by Gasteiger charge is -2.43. The number of nitrogens with one attached hydrogen (secondary N) is 1. The van der Waals surface area contributed by atoms with E-state index >= 15 is 0 Å². The van der Waals surface area contributed by atoms with E-state index in [1.807, 2.05) is 0 Å². The highest BCUT2D eigenvalue weighted by Gasteiger charge is 2.52. The first-order valence-electron chi connectivity index (χ1n) is 4.13. The average Bonchev–Trinajstić information content (AvgIpc) is 2.25. The van der Waals surface area contributed by atoms with Crippen LogP contribution in [0.25, 0.3) is 0 Å². The second-order valence-corrected chi connectivity index (χ2v) is 3.84. The van der Waals surface area contributed by atoms with Crippen LogP contribution in [-0.2, 0) is 0 Å². The van der Waals surface area contributed by atoms with Crippen LogP contribution in [0.5, 0.6) is 0 Å². The summed E-state index contributed by atoms with van der Waals surface area (Å²) in [5, 5.41) is 3.03. The van der Waals surface area contributed by atoms with E-state index in [9.17, 15) is 8.78 Å². The van der Waals surface area contributed by atoms with Gasteiger partial charge in [0, 0.05) is 24.4 Å². The summed E-state index contributed by atoms with van der Waals surface area (Å²) in [5.74, 6) is -0.538. The van der Waals surface area contributed by atoms with Crippen LogP contribution in [0, 0.1) is 11.3 Å². The maximum Gasteiger partial charge on any atom is 0.243 e. The molecule has 2 nitrogen and oxygen atoms in total. The van der Waals surface area contributed by atoms with Crippen LogP contribution < -0.4 is 5.32 Å². The molecule has 0 aliphatic carbocycles. The summed E-state index contributed by atoms with van der Waals surface area (Å²) in [7, 11) is 5.52. The zero-order valence-corrected chi connectivity index (χ0v) is 6.76. The molecule has 2 aliphatic rings. The highest BCUT2D eigenvalue weighted by atomic mass is 19.3. The van der Waals surface area contributed by atoms with Crippen LogP contribution in [0.3, 0.4) is 0 Å². The van der Waals surface area contributed by atoms with Crippen molar-refractivity contribution >= 4 is 7.98 Å². The van der Waals surface area contributed by atoms with Crippen LogP contribution in [0.4, 0.5) is 8.78 Å². The SMILES string of the molecule is [B]N1CC(C(F)F)C2(CNC2)C1. The normalized spacial score (nSPS) is 34.4. The molecule has 0 saturated carbocycles. The lowest BCUT2D eigenvalue weighted by Crippen LogP contribution is -2.59. The van der Waals surface area contributed by atoms with Crippen molar-refractivity contribution in [2.24, 2.45) is 11.3 Å². The number of hydrogen-bond donors (Lipinski definition) is 1. The monoisotopic (exact) mass is 172 g/mol. The van der Waals surface area contributed by atoms with E-state index in [-0.39, 0.29) is 5.41 Å². The molecule has 0 bridgehead atoms. The Morgan fingerprint density at radius 3 is 2.50 bits per heavy atom. The minimum atomic E-state index is -2.24. The van der Waals surface area contributed by atoms with E-state index < -0.39 is 12.3 Å². The molecular formula is C7H11BF2N2. The molecule has 0 aromatic rings. The first-order valence-corrected chi connectivity index (χ1v) is 4.13. The van der Waals surface area contributed by atoms with Crippen LogP contribution in [0.15, 0.2) is 0 Å². The molecular weight excluding hydrogens is 161 g/mol. The molecule has 2 aliphatic heterocycles. The number of nitrogens with zero attached hydrogens (tertiary/aromatic N) is 1. The Balaban J connectivity index is 2.10. The fourth-order valence-corrected chi connectivity index (χ4v) is 2.20. The van der Waals surface area contributed by atoms with E-state index in [2.05, 4.69) is 5.32 Å². The topological polar surface area (TPSA) is 15.3 Å². The molecule has 2 radical (unpaired) electrons. The lowest BCUT2D eigenvalue weighted by atomic mass is 9.73. The van der Waals surface area contributed by atoms with Crippen molar-refractivity contribution in [3.05, 3.63) is 0 Å². The largest absolute Gasteiger partial charge is 0.352 e. The highest BCUT2D eigenvalue weighted by Crippen LogP contribution is 2.41. The molecule has 2 heterocycles. The summed E-state index contributed by atoms with van der Waals surface area (Å²) in [6, 6.07) is 0. The summed E-state index contributed by atoms with van der Waals surface area (Å²) >= 11 is 0. The molecule has 0 aromatic carbocycles. The van der Waals surface area contributed by atoms with Gasteiger partial charge in [-0.05, 0) is 13.1 Å². The van der Waals surface area contributed by atoms with Crippen molar-refractivity contribution in [1.29, 1.82) is 0 Å². The molecule has 66 valence electrons. The summed E-state index contributed by atoms with van der Waals surface area (Å²) < 4.78 is 25.0. The minimum Gasteiger partial charge on any atom is -0.352 e. The van der Waals surface area contributed by atoms with Gasteiger partial charge >= 0.3 is 0 Å². The van der Waals surface area contributed by atoms with Crippen LogP contribution >= 0.6 is 0 Å². The fraction of sp³-hybridized carbons (Fsp3) is 1.00. The molecule has 5 heteroatoms. The standard InChI is InChI=1S/C7H11BF2N2/c8-12-1-5(6(9)10)7(4-12)2-11-3-7/h5-6,11H,1-4H2. The molecule has 2 rings (SSSR count). The molecule has 1 unspecified atom stereocenters. The van der Waals surface area contributed by atoms with Crippen LogP contribution in [-0.4, -0.2) is 45.4 Å². The lowest BCUT2D eigenvalue weighted by molar-refractivity contribution is -0.00375. The van der Waals surface area contributed by atoms with Gasteiger partial charge in [0.2, 0.25) is 6.43 Å². The fourth-order valence-electron chi connectivity index (χ4n) is 2.20. The second kappa shape index (κ2) is 2.67. The Bertz CT molecular complexity index is 184. The predicted molar refractivity (Wildman–Crippen MR) is 42.1 cm³/mol. The molecule has 0 amide bonds. The van der Waals surface area contributed by atoms with Gasteiger partial charge in [-0.1, -0.05) is 0 Å². The van der Waals surface area contributed by atoms with Crippen molar-refractivity contribution < 1.29 is 8.78 Å². The van der Waals surface area contributed by atoms with E-state index in [1.54, 1.807) is 0 Å². The summed E-state index contributed by atoms with van der Waals surface area (Å²) in [5.41, 5.74) is -0.233.